The molecule has 2 rings (SSSR count). The van der Waals surface area contributed by atoms with Crippen molar-refractivity contribution in [2.24, 2.45) is 0 Å². The molecular formula is C22H23F2N3O4S. The van der Waals surface area contributed by atoms with Gasteiger partial charge in [-0.2, -0.15) is 14.0 Å². The van der Waals surface area contributed by atoms with E-state index >= 15 is 0 Å². The molecule has 0 spiro atoms. The summed E-state index contributed by atoms with van der Waals surface area (Å²) in [5.74, 6) is -0.586. The molecule has 0 unspecified atom stereocenters. The Kier molecular flexibility index (Phi) is 9.78. The summed E-state index contributed by atoms with van der Waals surface area (Å²) in [5.41, 5.74) is 0.00143. The molecule has 0 aliphatic carbocycles. The van der Waals surface area contributed by atoms with E-state index in [1.807, 2.05) is 13.0 Å². The van der Waals surface area contributed by atoms with Gasteiger partial charge in [0.05, 0.1) is 4.53 Å². The topological polar surface area (TPSA) is 93.3 Å². The highest BCUT2D eigenvalue weighted by molar-refractivity contribution is 7.07. The molecule has 0 bridgehead atoms. The van der Waals surface area contributed by atoms with Crippen LogP contribution in [0, 0.1) is 11.3 Å². The van der Waals surface area contributed by atoms with E-state index in [1.165, 1.54) is 34.9 Å². The van der Waals surface area contributed by atoms with E-state index in [4.69, 9.17) is 4.74 Å². The Bertz CT molecular complexity index is 1150. The fraction of sp³-hybridized carbons (Fsp3) is 0.318. The summed E-state index contributed by atoms with van der Waals surface area (Å²) in [6.07, 6.45) is 3.64. The average molecular weight is 464 g/mol. The number of rotatable bonds is 11. The van der Waals surface area contributed by atoms with Crippen molar-refractivity contribution < 1.29 is 23.0 Å². The highest BCUT2D eigenvalue weighted by Gasteiger charge is 2.15. The Morgan fingerprint density at radius 1 is 1.38 bits per heavy atom. The largest absolute Gasteiger partial charge is 0.435 e. The molecule has 1 aromatic heterocycles. The maximum atomic E-state index is 12.9. The van der Waals surface area contributed by atoms with Crippen LogP contribution in [0.5, 0.6) is 5.75 Å². The van der Waals surface area contributed by atoms with Crippen molar-refractivity contribution in [3.8, 4) is 11.8 Å². The monoisotopic (exact) mass is 463 g/mol. The molecule has 0 aliphatic rings. The Labute approximate surface area is 187 Å². The van der Waals surface area contributed by atoms with Crippen molar-refractivity contribution in [3.05, 3.63) is 62.0 Å². The zero-order chi connectivity index (χ0) is 23.5. The Balaban J connectivity index is 2.43. The molecular weight excluding hydrogens is 440 g/mol. The van der Waals surface area contributed by atoms with Crippen molar-refractivity contribution in [2.75, 3.05) is 19.8 Å². The number of nitrogens with one attached hydrogen (secondary N) is 1. The third-order valence-electron chi connectivity index (χ3n) is 4.13. The normalized spacial score (nSPS) is 12.4. The van der Waals surface area contributed by atoms with Crippen molar-refractivity contribution in [1.29, 1.82) is 5.26 Å². The molecule has 10 heteroatoms. The van der Waals surface area contributed by atoms with E-state index in [-0.39, 0.29) is 27.1 Å². The van der Waals surface area contributed by atoms with E-state index in [0.717, 1.165) is 11.3 Å². The summed E-state index contributed by atoms with van der Waals surface area (Å²) in [7, 11) is 0. The number of nitriles is 1. The number of aromatic nitrogens is 1. The number of benzene rings is 1. The lowest BCUT2D eigenvalue weighted by atomic mass is 10.2. The van der Waals surface area contributed by atoms with Crippen molar-refractivity contribution >= 4 is 28.9 Å². The van der Waals surface area contributed by atoms with Crippen LogP contribution in [-0.2, 0) is 16.1 Å². The second-order valence-corrected chi connectivity index (χ2v) is 7.39. The smallest absolute Gasteiger partial charge is 0.387 e. The van der Waals surface area contributed by atoms with Gasteiger partial charge < -0.3 is 14.8 Å². The molecule has 1 N–H and O–H groups in total. The first-order valence-electron chi connectivity index (χ1n) is 9.78. The van der Waals surface area contributed by atoms with Crippen LogP contribution in [0.1, 0.15) is 18.9 Å². The van der Waals surface area contributed by atoms with Gasteiger partial charge >= 0.3 is 6.61 Å². The predicted octanol–water partition coefficient (Wildman–Crippen LogP) is 1.74. The fourth-order valence-corrected chi connectivity index (χ4v) is 3.81. The van der Waals surface area contributed by atoms with Gasteiger partial charge in [0.1, 0.15) is 16.5 Å². The number of carbonyl (C=O) groups is 1. The standard InChI is InChI=1S/C22H23F2N3O4S/c1-3-11-27-20(29)18(13-15-6-8-16(9-7-15)31-22(23)24)32-21(27)17(14-25)19(28)26-10-5-12-30-4-2/h3,6-9,13,22H,1,4-5,10-12H2,2H3,(H,26,28). The number of carbonyl (C=O) groups excluding carboxylic acids is 1. The number of hydrogen-bond acceptors (Lipinski definition) is 6. The van der Waals surface area contributed by atoms with Gasteiger partial charge in [0.15, 0.2) is 5.57 Å². The molecule has 32 heavy (non-hydrogen) atoms. The molecule has 1 heterocycles. The summed E-state index contributed by atoms with van der Waals surface area (Å²) in [4.78, 5) is 25.4. The maximum Gasteiger partial charge on any atom is 0.387 e. The highest BCUT2D eigenvalue weighted by Crippen LogP contribution is 2.15. The van der Waals surface area contributed by atoms with Crippen LogP contribution in [0.3, 0.4) is 0 Å². The summed E-state index contributed by atoms with van der Waals surface area (Å²) in [6.45, 7) is 4.07. The van der Waals surface area contributed by atoms with Crippen molar-refractivity contribution in [3.63, 3.8) is 0 Å². The first-order valence-corrected chi connectivity index (χ1v) is 10.6. The second kappa shape index (κ2) is 12.5. The van der Waals surface area contributed by atoms with E-state index in [1.54, 1.807) is 6.08 Å². The van der Waals surface area contributed by atoms with Gasteiger partial charge in [-0.05, 0) is 37.1 Å². The summed E-state index contributed by atoms with van der Waals surface area (Å²) < 4.78 is 35.9. The number of hydrogen-bond donors (Lipinski definition) is 1. The SMILES string of the molecule is C=CCn1c(=C(C#N)C(=O)NCCCOCC)sc(=Cc2ccc(OC(F)F)cc2)c1=O. The van der Waals surface area contributed by atoms with Gasteiger partial charge in [0.25, 0.3) is 11.5 Å². The van der Waals surface area contributed by atoms with Crippen LogP contribution in [-0.4, -0.2) is 36.8 Å². The number of ether oxygens (including phenoxy) is 2. The predicted molar refractivity (Wildman–Crippen MR) is 118 cm³/mol. The lowest BCUT2D eigenvalue weighted by Gasteiger charge is -2.04. The lowest BCUT2D eigenvalue weighted by Crippen LogP contribution is -2.35. The van der Waals surface area contributed by atoms with E-state index < -0.39 is 18.1 Å². The Morgan fingerprint density at radius 3 is 2.69 bits per heavy atom. The molecule has 0 saturated heterocycles. The zero-order valence-electron chi connectivity index (χ0n) is 17.5. The molecule has 0 saturated carbocycles. The van der Waals surface area contributed by atoms with E-state index in [9.17, 15) is 23.6 Å². The number of halogens is 2. The van der Waals surface area contributed by atoms with Gasteiger partial charge in [0.2, 0.25) is 0 Å². The zero-order valence-corrected chi connectivity index (χ0v) is 18.3. The molecule has 0 aliphatic heterocycles. The molecule has 7 nitrogen and oxygen atoms in total. The number of alkyl halides is 2. The number of allylic oxidation sites excluding steroid dienone is 1. The van der Waals surface area contributed by atoms with Crippen molar-refractivity contribution in [1.82, 2.24) is 9.88 Å². The van der Waals surface area contributed by atoms with Crippen molar-refractivity contribution in [2.45, 2.75) is 26.5 Å². The van der Waals surface area contributed by atoms with Crippen LogP contribution in [0.4, 0.5) is 8.78 Å². The van der Waals surface area contributed by atoms with Gasteiger partial charge in [-0.15, -0.1) is 17.9 Å². The van der Waals surface area contributed by atoms with Gasteiger partial charge in [-0.3, -0.25) is 14.2 Å². The molecule has 0 fully saturated rings. The number of amides is 1. The van der Waals surface area contributed by atoms with E-state index in [2.05, 4.69) is 16.6 Å². The molecule has 170 valence electrons. The lowest BCUT2D eigenvalue weighted by molar-refractivity contribution is -0.115. The fourth-order valence-electron chi connectivity index (χ4n) is 2.70. The maximum absolute atomic E-state index is 12.9. The van der Waals surface area contributed by atoms with Crippen LogP contribution in [0.15, 0.2) is 41.7 Å². The minimum atomic E-state index is -2.93. The molecule has 0 atom stereocenters. The van der Waals surface area contributed by atoms with Crippen LogP contribution >= 0.6 is 11.3 Å². The summed E-state index contributed by atoms with van der Waals surface area (Å²) in [5, 5.41) is 12.2. The van der Waals surface area contributed by atoms with Gasteiger partial charge in [-0.25, -0.2) is 0 Å². The Morgan fingerprint density at radius 2 is 2.09 bits per heavy atom. The summed E-state index contributed by atoms with van der Waals surface area (Å²) in [6, 6.07) is 7.65. The third-order valence-corrected chi connectivity index (χ3v) is 5.26. The quantitative estimate of drug-likeness (QED) is 0.405. The average Bonchev–Trinajstić information content (AvgIpc) is 3.05. The van der Waals surface area contributed by atoms with Crippen LogP contribution in [0.2, 0.25) is 0 Å². The third kappa shape index (κ3) is 6.87. The molecule has 0 radical (unpaired) electrons. The van der Waals surface area contributed by atoms with Crippen LogP contribution < -0.4 is 24.8 Å². The van der Waals surface area contributed by atoms with Crippen LogP contribution in [0.25, 0.3) is 11.6 Å². The highest BCUT2D eigenvalue weighted by atomic mass is 32.1. The van der Waals surface area contributed by atoms with Gasteiger partial charge in [0, 0.05) is 26.3 Å². The second-order valence-electron chi connectivity index (χ2n) is 6.36. The first kappa shape index (κ1) is 25.0. The minimum Gasteiger partial charge on any atom is -0.435 e. The van der Waals surface area contributed by atoms with Gasteiger partial charge in [-0.1, -0.05) is 18.2 Å². The summed E-state index contributed by atoms with van der Waals surface area (Å²) >= 11 is 0.995. The molecule has 1 amide bonds. The number of nitrogens with zero attached hydrogens (tertiary/aromatic N) is 2. The number of thiazole rings is 1. The molecule has 1 aromatic carbocycles. The minimum absolute atomic E-state index is 0.00538. The Hall–Kier alpha value is -3.29. The molecule has 2 aromatic rings. The van der Waals surface area contributed by atoms with E-state index in [0.29, 0.717) is 31.7 Å². The first-order chi connectivity index (χ1) is 15.4.